The fourth-order valence-corrected chi connectivity index (χ4v) is 5.34. The van der Waals surface area contributed by atoms with E-state index in [1.165, 1.54) is 14.2 Å². The van der Waals surface area contributed by atoms with Gasteiger partial charge in [-0.05, 0) is 38.0 Å². The number of benzene rings is 2. The highest BCUT2D eigenvalue weighted by Crippen LogP contribution is 2.43. The predicted octanol–water partition coefficient (Wildman–Crippen LogP) is 5.44. The Morgan fingerprint density at radius 3 is 2.06 bits per heavy atom. The fraction of sp³-hybridized carbons (Fsp3) is 0.222. The summed E-state index contributed by atoms with van der Waals surface area (Å²) in [4.78, 5) is 31.5. The van der Waals surface area contributed by atoms with Gasteiger partial charge in [-0.15, -0.1) is 0 Å². The maximum absolute atomic E-state index is 12.9. The van der Waals surface area contributed by atoms with E-state index in [4.69, 9.17) is 14.5 Å². The number of nitrogens with zero attached hydrogens (tertiary/aromatic N) is 1. The summed E-state index contributed by atoms with van der Waals surface area (Å²) in [6.45, 7) is 5.57. The van der Waals surface area contributed by atoms with Crippen LogP contribution in [0.2, 0.25) is 0 Å². The fourth-order valence-electron chi connectivity index (χ4n) is 4.35. The molecule has 2 N–H and O–H groups in total. The zero-order chi connectivity index (χ0) is 25.1. The van der Waals surface area contributed by atoms with Crippen LogP contribution in [0.1, 0.15) is 31.0 Å². The predicted molar refractivity (Wildman–Crippen MR) is 137 cm³/mol. The molecule has 0 spiro atoms. The first-order chi connectivity index (χ1) is 16.8. The highest BCUT2D eigenvalue weighted by atomic mass is 32.1. The van der Waals surface area contributed by atoms with E-state index in [1.54, 1.807) is 25.2 Å². The summed E-state index contributed by atoms with van der Waals surface area (Å²) >= 11 is 1.55. The molecular weight excluding hydrogens is 462 g/mol. The molecule has 8 heteroatoms. The highest BCUT2D eigenvalue weighted by Gasteiger charge is 2.38. The van der Waals surface area contributed by atoms with Crippen LogP contribution in [0.3, 0.4) is 0 Å². The Morgan fingerprint density at radius 2 is 1.46 bits per heavy atom. The molecule has 1 aromatic heterocycles. The van der Waals surface area contributed by atoms with Gasteiger partial charge in [-0.1, -0.05) is 59.9 Å². The number of aromatic nitrogens is 1. The van der Waals surface area contributed by atoms with Gasteiger partial charge in [-0.25, -0.2) is 14.6 Å². The van der Waals surface area contributed by atoms with Gasteiger partial charge in [-0.2, -0.15) is 0 Å². The summed E-state index contributed by atoms with van der Waals surface area (Å²) in [7, 11) is 2.66. The van der Waals surface area contributed by atoms with E-state index in [0.717, 1.165) is 27.4 Å². The van der Waals surface area contributed by atoms with Crippen LogP contribution in [-0.4, -0.2) is 31.1 Å². The lowest BCUT2D eigenvalue weighted by Gasteiger charge is -2.31. The Balaban J connectivity index is 1.81. The van der Waals surface area contributed by atoms with Gasteiger partial charge >= 0.3 is 11.9 Å². The van der Waals surface area contributed by atoms with E-state index in [1.807, 2.05) is 49.4 Å². The molecular formula is C27H27N3O4S. The minimum absolute atomic E-state index is 0.355. The van der Waals surface area contributed by atoms with Crippen molar-refractivity contribution in [1.82, 2.24) is 10.3 Å². The van der Waals surface area contributed by atoms with Crippen LogP contribution in [0.15, 0.2) is 77.1 Å². The summed E-state index contributed by atoms with van der Waals surface area (Å²) in [5, 5.41) is 7.27. The molecule has 0 atom stereocenters. The van der Waals surface area contributed by atoms with Crippen LogP contribution in [0.25, 0.3) is 10.4 Å². The Bertz CT molecular complexity index is 1300. The van der Waals surface area contributed by atoms with E-state index in [2.05, 4.69) is 22.8 Å². The van der Waals surface area contributed by atoms with Crippen molar-refractivity contribution in [2.24, 2.45) is 0 Å². The molecule has 3 aromatic rings. The van der Waals surface area contributed by atoms with Crippen LogP contribution in [-0.2, 0) is 19.1 Å². The molecule has 4 rings (SSSR count). The van der Waals surface area contributed by atoms with E-state index in [9.17, 15) is 9.59 Å². The number of carbonyl (C=O) groups is 2. The van der Waals surface area contributed by atoms with Crippen LogP contribution in [0, 0.1) is 6.92 Å². The van der Waals surface area contributed by atoms with Crippen LogP contribution < -0.4 is 10.6 Å². The quantitative estimate of drug-likeness (QED) is 0.446. The minimum Gasteiger partial charge on any atom is -0.466 e. The van der Waals surface area contributed by atoms with Crippen molar-refractivity contribution >= 4 is 34.1 Å². The van der Waals surface area contributed by atoms with Crippen LogP contribution in [0.4, 0.5) is 10.8 Å². The van der Waals surface area contributed by atoms with E-state index in [-0.39, 0.29) is 0 Å². The zero-order valence-corrected chi connectivity index (χ0v) is 21.1. The lowest BCUT2D eigenvalue weighted by atomic mass is 9.79. The molecule has 0 fully saturated rings. The third kappa shape index (κ3) is 4.70. The maximum Gasteiger partial charge on any atom is 0.336 e. The largest absolute Gasteiger partial charge is 0.466 e. The summed E-state index contributed by atoms with van der Waals surface area (Å²) < 4.78 is 10.2. The number of hydrogen-bond acceptors (Lipinski definition) is 8. The third-order valence-corrected chi connectivity index (χ3v) is 7.04. The third-order valence-electron chi connectivity index (χ3n) is 5.92. The number of methoxy groups -OCH3 is 2. The second-order valence-electron chi connectivity index (χ2n) is 8.13. The standard InChI is InChI=1S/C27H27N3O4S/c1-15-21(25(31)33-4)23(22(16(2)28-15)26(32)34-5)19-13-9-10-14-20(19)30-27-29-17(3)24(35-27)18-11-7-6-8-12-18/h6-14,23,28H,1-5H3,(H,29,30). The van der Waals surface area contributed by atoms with Crippen molar-refractivity contribution in [3.63, 3.8) is 0 Å². The average Bonchev–Trinajstić information content (AvgIpc) is 3.23. The summed E-state index contributed by atoms with van der Waals surface area (Å²) in [5.41, 5.74) is 5.44. The highest BCUT2D eigenvalue weighted by molar-refractivity contribution is 7.19. The van der Waals surface area contributed by atoms with E-state index < -0.39 is 17.9 Å². The molecule has 2 aromatic carbocycles. The van der Waals surface area contributed by atoms with Gasteiger partial charge < -0.3 is 20.1 Å². The Morgan fingerprint density at radius 1 is 0.886 bits per heavy atom. The lowest BCUT2D eigenvalue weighted by molar-refractivity contribution is -0.137. The van der Waals surface area contributed by atoms with Gasteiger partial charge in [0.2, 0.25) is 0 Å². The number of hydrogen-bond donors (Lipinski definition) is 2. The smallest absolute Gasteiger partial charge is 0.336 e. The number of anilines is 2. The molecule has 2 heterocycles. The number of ether oxygens (including phenoxy) is 2. The Kier molecular flexibility index (Phi) is 7.02. The van der Waals surface area contributed by atoms with Gasteiger partial charge in [0.25, 0.3) is 0 Å². The zero-order valence-electron chi connectivity index (χ0n) is 20.3. The van der Waals surface area contributed by atoms with E-state index in [0.29, 0.717) is 27.7 Å². The topological polar surface area (TPSA) is 89.5 Å². The molecule has 0 amide bonds. The summed E-state index contributed by atoms with van der Waals surface area (Å²) in [6, 6.07) is 17.7. The van der Waals surface area contributed by atoms with E-state index >= 15 is 0 Å². The molecule has 0 radical (unpaired) electrons. The number of para-hydroxylation sites is 1. The molecule has 0 saturated heterocycles. The van der Waals surface area contributed by atoms with Gasteiger partial charge in [0.15, 0.2) is 5.13 Å². The number of carbonyl (C=O) groups excluding carboxylic acids is 2. The number of allylic oxidation sites excluding steroid dienone is 2. The molecule has 7 nitrogen and oxygen atoms in total. The second-order valence-corrected chi connectivity index (χ2v) is 9.13. The molecule has 35 heavy (non-hydrogen) atoms. The van der Waals surface area contributed by atoms with Crippen molar-refractivity contribution in [1.29, 1.82) is 0 Å². The van der Waals surface area contributed by atoms with Crippen LogP contribution >= 0.6 is 11.3 Å². The van der Waals surface area contributed by atoms with Gasteiger partial charge in [0, 0.05) is 17.1 Å². The Labute approximate surface area is 208 Å². The normalized spacial score (nSPS) is 14.0. The van der Waals surface area contributed by atoms with Crippen LogP contribution in [0.5, 0.6) is 0 Å². The number of thiazole rings is 1. The van der Waals surface area contributed by atoms with Crippen molar-refractivity contribution in [2.45, 2.75) is 26.7 Å². The minimum atomic E-state index is -0.686. The molecule has 0 bridgehead atoms. The number of nitrogens with one attached hydrogen (secondary N) is 2. The van der Waals surface area contributed by atoms with Gasteiger partial charge in [-0.3, -0.25) is 0 Å². The SMILES string of the molecule is COC(=O)C1=C(C)NC(C)=C(C(=O)OC)C1c1ccccc1Nc1nc(C)c(-c2ccccc2)s1. The molecule has 1 aliphatic rings. The molecule has 1 aliphatic heterocycles. The first kappa shape index (κ1) is 24.2. The van der Waals surface area contributed by atoms with Crippen molar-refractivity contribution in [3.8, 4) is 10.4 Å². The van der Waals surface area contributed by atoms with Crippen molar-refractivity contribution in [3.05, 3.63) is 88.4 Å². The lowest BCUT2D eigenvalue weighted by Crippen LogP contribution is -2.32. The number of esters is 2. The molecule has 0 aliphatic carbocycles. The number of dihydropyridines is 1. The number of rotatable bonds is 6. The number of aryl methyl sites for hydroxylation is 1. The van der Waals surface area contributed by atoms with Crippen molar-refractivity contribution in [2.75, 3.05) is 19.5 Å². The summed E-state index contributed by atoms with van der Waals surface area (Å²) in [5.74, 6) is -1.71. The first-order valence-electron chi connectivity index (χ1n) is 11.1. The Hall–Kier alpha value is -3.91. The second kappa shape index (κ2) is 10.1. The van der Waals surface area contributed by atoms with Gasteiger partial charge in [0.05, 0.1) is 41.9 Å². The average molecular weight is 490 g/mol. The maximum atomic E-state index is 12.9. The monoisotopic (exact) mass is 489 g/mol. The summed E-state index contributed by atoms with van der Waals surface area (Å²) in [6.07, 6.45) is 0. The first-order valence-corrected chi connectivity index (χ1v) is 11.9. The molecule has 0 unspecified atom stereocenters. The molecule has 180 valence electrons. The van der Waals surface area contributed by atoms with Crippen molar-refractivity contribution < 1.29 is 19.1 Å². The molecule has 0 saturated carbocycles. The van der Waals surface area contributed by atoms with Gasteiger partial charge in [0.1, 0.15) is 0 Å².